The molecule has 3 nitrogen and oxygen atoms in total. The maximum absolute atomic E-state index is 12.9. The van der Waals surface area contributed by atoms with Gasteiger partial charge < -0.3 is 15.7 Å². The van der Waals surface area contributed by atoms with Crippen LogP contribution < -0.4 is 10.6 Å². The summed E-state index contributed by atoms with van der Waals surface area (Å²) < 4.78 is 38.6. The largest absolute Gasteiger partial charge is 0.416 e. The van der Waals surface area contributed by atoms with Crippen LogP contribution in [-0.2, 0) is 12.7 Å². The van der Waals surface area contributed by atoms with Gasteiger partial charge in [-0.15, -0.1) is 0 Å². The highest BCUT2D eigenvalue weighted by Crippen LogP contribution is 2.34. The summed E-state index contributed by atoms with van der Waals surface area (Å²) in [5, 5.41) is 9.19. The summed E-state index contributed by atoms with van der Waals surface area (Å²) in [6.45, 7) is 1.98. The fraction of sp³-hybridized carbons (Fsp3) is 0.538. The van der Waals surface area contributed by atoms with Crippen molar-refractivity contribution < 1.29 is 18.3 Å². The van der Waals surface area contributed by atoms with E-state index < -0.39 is 17.8 Å². The van der Waals surface area contributed by atoms with E-state index in [-0.39, 0.29) is 12.1 Å². The van der Waals surface area contributed by atoms with E-state index in [0.717, 1.165) is 6.07 Å². The number of aliphatic hydroxyl groups excluding tert-OH is 1. The van der Waals surface area contributed by atoms with Gasteiger partial charge in [0.25, 0.3) is 0 Å². The average molecular weight is 276 g/mol. The summed E-state index contributed by atoms with van der Waals surface area (Å²) >= 11 is 0. The molecule has 19 heavy (non-hydrogen) atoms. The van der Waals surface area contributed by atoms with Crippen LogP contribution in [0.3, 0.4) is 0 Å². The topological polar surface area (TPSA) is 49.5 Å². The molecular weight excluding hydrogens is 257 g/mol. The molecule has 1 atom stereocenters. The highest BCUT2D eigenvalue weighted by atomic mass is 19.4. The predicted molar refractivity (Wildman–Crippen MR) is 68.9 cm³/mol. The molecule has 0 bridgehead atoms. The quantitative estimate of drug-likeness (QED) is 0.868. The van der Waals surface area contributed by atoms with Crippen LogP contribution in [0.4, 0.5) is 18.9 Å². The Balaban J connectivity index is 2.98. The maximum Gasteiger partial charge on any atom is 0.416 e. The molecule has 0 aromatic heterocycles. The molecule has 0 fully saturated rings. The van der Waals surface area contributed by atoms with Gasteiger partial charge in [0, 0.05) is 25.8 Å². The zero-order chi connectivity index (χ0) is 14.6. The van der Waals surface area contributed by atoms with Crippen molar-refractivity contribution in [2.75, 3.05) is 18.5 Å². The smallest absolute Gasteiger partial charge is 0.393 e. The van der Waals surface area contributed by atoms with Gasteiger partial charge in [-0.3, -0.25) is 0 Å². The standard InChI is InChI=1S/C13H19F3N2O/c1-9(19)5-6-18(2)11-4-3-10(8-17)12(7-11)13(14,15)16/h3-4,7,9,19H,5-6,8,17H2,1-2H3. The lowest BCUT2D eigenvalue weighted by Gasteiger charge is -2.22. The second kappa shape index (κ2) is 6.25. The first-order valence-electron chi connectivity index (χ1n) is 6.05. The second-order valence-corrected chi connectivity index (χ2v) is 4.60. The van der Waals surface area contributed by atoms with Gasteiger partial charge in [0.05, 0.1) is 11.7 Å². The molecule has 0 aliphatic rings. The Bertz CT molecular complexity index is 419. The number of alkyl halides is 3. The average Bonchev–Trinajstić information content (AvgIpc) is 2.34. The molecule has 0 heterocycles. The number of aliphatic hydroxyl groups is 1. The number of rotatable bonds is 5. The fourth-order valence-corrected chi connectivity index (χ4v) is 1.75. The number of halogens is 3. The minimum absolute atomic E-state index is 0.0835. The van der Waals surface area contributed by atoms with Crippen LogP contribution in [0.25, 0.3) is 0 Å². The Morgan fingerprint density at radius 2 is 2.00 bits per heavy atom. The molecular formula is C13H19F3N2O. The van der Waals surface area contributed by atoms with E-state index in [1.807, 2.05) is 0 Å². The molecule has 3 N–H and O–H groups in total. The van der Waals surface area contributed by atoms with E-state index in [1.54, 1.807) is 24.9 Å². The van der Waals surface area contributed by atoms with Crippen molar-refractivity contribution in [2.45, 2.75) is 32.2 Å². The fourth-order valence-electron chi connectivity index (χ4n) is 1.75. The first-order chi connectivity index (χ1) is 8.75. The van der Waals surface area contributed by atoms with Crippen molar-refractivity contribution >= 4 is 5.69 Å². The van der Waals surface area contributed by atoms with E-state index in [1.165, 1.54) is 6.07 Å². The Hall–Kier alpha value is -1.27. The molecule has 0 saturated carbocycles. The lowest BCUT2D eigenvalue weighted by Crippen LogP contribution is -2.23. The number of nitrogens with zero attached hydrogens (tertiary/aromatic N) is 1. The number of nitrogens with two attached hydrogens (primary N) is 1. The van der Waals surface area contributed by atoms with Crippen molar-refractivity contribution in [3.05, 3.63) is 29.3 Å². The number of hydrogen-bond acceptors (Lipinski definition) is 3. The van der Waals surface area contributed by atoms with E-state index in [9.17, 15) is 18.3 Å². The number of hydrogen-bond donors (Lipinski definition) is 2. The Morgan fingerprint density at radius 1 is 1.37 bits per heavy atom. The number of benzene rings is 1. The zero-order valence-electron chi connectivity index (χ0n) is 11.0. The van der Waals surface area contributed by atoms with E-state index >= 15 is 0 Å². The van der Waals surface area contributed by atoms with Crippen molar-refractivity contribution in [3.8, 4) is 0 Å². The maximum atomic E-state index is 12.9. The molecule has 1 aromatic carbocycles. The summed E-state index contributed by atoms with van der Waals surface area (Å²) in [5.74, 6) is 0. The van der Waals surface area contributed by atoms with Crippen LogP contribution >= 0.6 is 0 Å². The summed E-state index contributed by atoms with van der Waals surface area (Å²) in [6.07, 6.45) is -4.39. The van der Waals surface area contributed by atoms with Gasteiger partial charge in [-0.05, 0) is 31.0 Å². The highest BCUT2D eigenvalue weighted by molar-refractivity contribution is 5.51. The normalized spacial score (nSPS) is 13.4. The Morgan fingerprint density at radius 3 is 2.47 bits per heavy atom. The van der Waals surface area contributed by atoms with Crippen LogP contribution in [0.1, 0.15) is 24.5 Å². The van der Waals surface area contributed by atoms with Gasteiger partial charge >= 0.3 is 6.18 Å². The molecule has 1 aromatic rings. The van der Waals surface area contributed by atoms with Gasteiger partial charge in [0.2, 0.25) is 0 Å². The minimum atomic E-state index is -4.41. The monoisotopic (exact) mass is 276 g/mol. The van der Waals surface area contributed by atoms with E-state index in [0.29, 0.717) is 18.7 Å². The van der Waals surface area contributed by atoms with Crippen molar-refractivity contribution in [3.63, 3.8) is 0 Å². The van der Waals surface area contributed by atoms with Gasteiger partial charge in [-0.25, -0.2) is 0 Å². The third kappa shape index (κ3) is 4.40. The van der Waals surface area contributed by atoms with E-state index in [2.05, 4.69) is 0 Å². The summed E-state index contributed by atoms with van der Waals surface area (Å²) in [7, 11) is 1.69. The lowest BCUT2D eigenvalue weighted by atomic mass is 10.1. The third-order valence-corrected chi connectivity index (χ3v) is 2.94. The molecule has 0 saturated heterocycles. The minimum Gasteiger partial charge on any atom is -0.393 e. The summed E-state index contributed by atoms with van der Waals surface area (Å²) in [4.78, 5) is 1.68. The van der Waals surface area contributed by atoms with Crippen molar-refractivity contribution in [1.29, 1.82) is 0 Å². The Labute approximate surface area is 110 Å². The van der Waals surface area contributed by atoms with Gasteiger partial charge in [0.15, 0.2) is 0 Å². The first kappa shape index (κ1) is 15.8. The Kier molecular flexibility index (Phi) is 5.20. The zero-order valence-corrected chi connectivity index (χ0v) is 11.0. The predicted octanol–water partition coefficient (Wildman–Crippen LogP) is 2.37. The highest BCUT2D eigenvalue weighted by Gasteiger charge is 2.33. The van der Waals surface area contributed by atoms with Gasteiger partial charge in [-0.1, -0.05) is 6.07 Å². The number of anilines is 1. The van der Waals surface area contributed by atoms with Crippen LogP contribution in [0.5, 0.6) is 0 Å². The molecule has 1 rings (SSSR count). The third-order valence-electron chi connectivity index (χ3n) is 2.94. The second-order valence-electron chi connectivity index (χ2n) is 4.60. The molecule has 0 spiro atoms. The molecule has 108 valence electrons. The van der Waals surface area contributed by atoms with Crippen LogP contribution in [0, 0.1) is 0 Å². The molecule has 1 unspecified atom stereocenters. The van der Waals surface area contributed by atoms with Crippen LogP contribution in [-0.4, -0.2) is 24.8 Å². The first-order valence-corrected chi connectivity index (χ1v) is 6.05. The van der Waals surface area contributed by atoms with Crippen LogP contribution in [0.15, 0.2) is 18.2 Å². The van der Waals surface area contributed by atoms with Crippen molar-refractivity contribution in [2.24, 2.45) is 5.73 Å². The summed E-state index contributed by atoms with van der Waals surface area (Å²) in [5.41, 5.74) is 5.17. The van der Waals surface area contributed by atoms with Crippen molar-refractivity contribution in [1.82, 2.24) is 0 Å². The molecule has 0 aliphatic heterocycles. The molecule has 0 aliphatic carbocycles. The molecule has 0 radical (unpaired) electrons. The lowest BCUT2D eigenvalue weighted by molar-refractivity contribution is -0.138. The summed E-state index contributed by atoms with van der Waals surface area (Å²) in [6, 6.07) is 4.11. The van der Waals surface area contributed by atoms with E-state index in [4.69, 9.17) is 5.73 Å². The molecule has 6 heteroatoms. The van der Waals surface area contributed by atoms with Gasteiger partial charge in [-0.2, -0.15) is 13.2 Å². The molecule has 0 amide bonds. The van der Waals surface area contributed by atoms with Crippen LogP contribution in [0.2, 0.25) is 0 Å². The SMILES string of the molecule is CC(O)CCN(C)c1ccc(CN)c(C(F)(F)F)c1. The van der Waals surface area contributed by atoms with Gasteiger partial charge in [0.1, 0.15) is 0 Å².